The molecule has 3 aromatic heterocycles. The lowest BCUT2D eigenvalue weighted by atomic mass is 10.1. The van der Waals surface area contributed by atoms with Gasteiger partial charge < -0.3 is 5.32 Å². The molecule has 4 rings (SSSR count). The molecule has 0 radical (unpaired) electrons. The van der Waals surface area contributed by atoms with Gasteiger partial charge in [-0.15, -0.1) is 0 Å². The lowest BCUT2D eigenvalue weighted by molar-refractivity contribution is 0.662. The van der Waals surface area contributed by atoms with Gasteiger partial charge in [-0.05, 0) is 37.8 Å². The highest BCUT2D eigenvalue weighted by Crippen LogP contribution is 2.35. The number of nitrogens with one attached hydrogen (secondary N) is 1. The molecule has 1 aliphatic rings. The molecule has 6 heteroatoms. The van der Waals surface area contributed by atoms with Crippen molar-refractivity contribution in [2.45, 2.75) is 57.9 Å². The van der Waals surface area contributed by atoms with Crippen molar-refractivity contribution in [3.05, 3.63) is 41.6 Å². The van der Waals surface area contributed by atoms with Crippen LogP contribution in [0.4, 0.5) is 5.82 Å². The fraction of sp³-hybridized carbons (Fsp3) is 0.500. The molecule has 1 atom stereocenters. The van der Waals surface area contributed by atoms with Gasteiger partial charge in [0.1, 0.15) is 11.6 Å². The Bertz CT molecular complexity index is 910. The second-order valence-corrected chi connectivity index (χ2v) is 7.23. The zero-order chi connectivity index (χ0) is 18.1. The van der Waals surface area contributed by atoms with E-state index >= 15 is 0 Å². The Kier molecular flexibility index (Phi) is 4.57. The third-order valence-corrected chi connectivity index (χ3v) is 5.43. The molecule has 0 aliphatic heterocycles. The molecule has 0 aromatic carbocycles. The summed E-state index contributed by atoms with van der Waals surface area (Å²) in [7, 11) is 1.94. The molecule has 1 saturated carbocycles. The monoisotopic (exact) mass is 350 g/mol. The SMILES string of the molecule is CC[C@@H](Nc1nc(C2CCCC2)nc2c1cnn2C)c1ncccc1C. The molecule has 0 spiro atoms. The quantitative estimate of drug-likeness (QED) is 0.743. The minimum Gasteiger partial charge on any atom is -0.361 e. The summed E-state index contributed by atoms with van der Waals surface area (Å²) in [6.07, 6.45) is 9.54. The van der Waals surface area contributed by atoms with Crippen molar-refractivity contribution in [1.82, 2.24) is 24.7 Å². The highest BCUT2D eigenvalue weighted by atomic mass is 15.3. The summed E-state index contributed by atoms with van der Waals surface area (Å²) >= 11 is 0. The van der Waals surface area contributed by atoms with Crippen LogP contribution in [0.25, 0.3) is 11.0 Å². The maximum absolute atomic E-state index is 4.94. The fourth-order valence-corrected chi connectivity index (χ4v) is 3.91. The van der Waals surface area contributed by atoms with Gasteiger partial charge in [0.15, 0.2) is 5.65 Å². The fourth-order valence-electron chi connectivity index (χ4n) is 3.91. The summed E-state index contributed by atoms with van der Waals surface area (Å²) in [5, 5.41) is 9.02. The molecule has 26 heavy (non-hydrogen) atoms. The van der Waals surface area contributed by atoms with Crippen LogP contribution in [-0.4, -0.2) is 24.7 Å². The van der Waals surface area contributed by atoms with Crippen molar-refractivity contribution < 1.29 is 0 Å². The first kappa shape index (κ1) is 16.9. The van der Waals surface area contributed by atoms with Crippen LogP contribution in [0.3, 0.4) is 0 Å². The Morgan fingerprint density at radius 2 is 2.08 bits per heavy atom. The minimum atomic E-state index is 0.117. The van der Waals surface area contributed by atoms with Crippen molar-refractivity contribution in [3.8, 4) is 0 Å². The summed E-state index contributed by atoms with van der Waals surface area (Å²) in [6, 6.07) is 4.20. The maximum Gasteiger partial charge on any atom is 0.163 e. The predicted molar refractivity (Wildman–Crippen MR) is 103 cm³/mol. The van der Waals surface area contributed by atoms with Gasteiger partial charge in [-0.2, -0.15) is 5.10 Å². The second-order valence-electron chi connectivity index (χ2n) is 7.23. The first-order chi connectivity index (χ1) is 12.7. The molecule has 0 bridgehead atoms. The van der Waals surface area contributed by atoms with E-state index in [1.165, 1.54) is 31.2 Å². The summed E-state index contributed by atoms with van der Waals surface area (Å²) in [6.45, 7) is 4.28. The maximum atomic E-state index is 4.94. The molecule has 0 saturated heterocycles. The topological polar surface area (TPSA) is 68.5 Å². The Morgan fingerprint density at radius 1 is 1.27 bits per heavy atom. The number of rotatable bonds is 5. The van der Waals surface area contributed by atoms with E-state index in [2.05, 4.69) is 35.3 Å². The van der Waals surface area contributed by atoms with Gasteiger partial charge in [0.2, 0.25) is 0 Å². The van der Waals surface area contributed by atoms with Gasteiger partial charge in [0, 0.05) is 19.2 Å². The number of hydrogen-bond acceptors (Lipinski definition) is 5. The van der Waals surface area contributed by atoms with E-state index in [0.29, 0.717) is 5.92 Å². The highest BCUT2D eigenvalue weighted by Gasteiger charge is 2.23. The van der Waals surface area contributed by atoms with Crippen molar-refractivity contribution >= 4 is 16.9 Å². The molecule has 1 N–H and O–H groups in total. The molecule has 3 heterocycles. The molecule has 0 unspecified atom stereocenters. The Hall–Kier alpha value is -2.50. The summed E-state index contributed by atoms with van der Waals surface area (Å²) in [5.74, 6) is 2.29. The Morgan fingerprint density at radius 3 is 2.81 bits per heavy atom. The molecule has 3 aromatic rings. The van der Waals surface area contributed by atoms with Gasteiger partial charge >= 0.3 is 0 Å². The van der Waals surface area contributed by atoms with Gasteiger partial charge in [-0.3, -0.25) is 9.67 Å². The van der Waals surface area contributed by atoms with E-state index in [0.717, 1.165) is 34.8 Å². The summed E-state index contributed by atoms with van der Waals surface area (Å²) in [5.41, 5.74) is 3.17. The van der Waals surface area contributed by atoms with Crippen molar-refractivity contribution in [2.24, 2.45) is 7.05 Å². The van der Waals surface area contributed by atoms with Crippen LogP contribution in [0.5, 0.6) is 0 Å². The first-order valence-electron chi connectivity index (χ1n) is 9.55. The van der Waals surface area contributed by atoms with Crippen molar-refractivity contribution in [3.63, 3.8) is 0 Å². The van der Waals surface area contributed by atoms with Gasteiger partial charge in [-0.25, -0.2) is 9.97 Å². The van der Waals surface area contributed by atoms with E-state index in [1.54, 1.807) is 0 Å². The average molecular weight is 350 g/mol. The Labute approximate surface area is 154 Å². The largest absolute Gasteiger partial charge is 0.361 e. The number of pyridine rings is 1. The van der Waals surface area contributed by atoms with Crippen LogP contribution in [0.2, 0.25) is 0 Å². The molecular formula is C20H26N6. The number of anilines is 1. The lowest BCUT2D eigenvalue weighted by Gasteiger charge is -2.20. The van der Waals surface area contributed by atoms with E-state index in [1.807, 2.05) is 30.2 Å². The van der Waals surface area contributed by atoms with Crippen LogP contribution in [0.15, 0.2) is 24.5 Å². The minimum absolute atomic E-state index is 0.117. The lowest BCUT2D eigenvalue weighted by Crippen LogP contribution is -2.15. The second kappa shape index (κ2) is 7.02. The van der Waals surface area contributed by atoms with E-state index in [-0.39, 0.29) is 6.04 Å². The molecule has 1 aliphatic carbocycles. The van der Waals surface area contributed by atoms with E-state index in [9.17, 15) is 0 Å². The number of aryl methyl sites for hydroxylation is 2. The van der Waals surface area contributed by atoms with Crippen LogP contribution < -0.4 is 5.32 Å². The summed E-state index contributed by atoms with van der Waals surface area (Å²) in [4.78, 5) is 14.4. The van der Waals surface area contributed by atoms with E-state index < -0.39 is 0 Å². The molecular weight excluding hydrogens is 324 g/mol. The van der Waals surface area contributed by atoms with Crippen LogP contribution in [0, 0.1) is 6.92 Å². The zero-order valence-corrected chi connectivity index (χ0v) is 15.7. The number of aromatic nitrogens is 5. The van der Waals surface area contributed by atoms with Gasteiger partial charge in [-0.1, -0.05) is 25.8 Å². The number of hydrogen-bond donors (Lipinski definition) is 1. The van der Waals surface area contributed by atoms with Crippen molar-refractivity contribution in [1.29, 1.82) is 0 Å². The molecule has 0 amide bonds. The third-order valence-electron chi connectivity index (χ3n) is 5.43. The van der Waals surface area contributed by atoms with Crippen molar-refractivity contribution in [2.75, 3.05) is 5.32 Å². The molecule has 6 nitrogen and oxygen atoms in total. The number of fused-ring (bicyclic) bond motifs is 1. The van der Waals surface area contributed by atoms with Crippen LogP contribution in [-0.2, 0) is 7.05 Å². The Balaban J connectivity index is 1.75. The van der Waals surface area contributed by atoms with Gasteiger partial charge in [0.05, 0.1) is 23.3 Å². The third kappa shape index (κ3) is 3.04. The molecule has 136 valence electrons. The average Bonchev–Trinajstić information content (AvgIpc) is 3.31. The normalized spacial score (nSPS) is 16.3. The highest BCUT2D eigenvalue weighted by molar-refractivity contribution is 5.86. The molecule has 1 fully saturated rings. The smallest absolute Gasteiger partial charge is 0.163 e. The van der Waals surface area contributed by atoms with Gasteiger partial charge in [0.25, 0.3) is 0 Å². The van der Waals surface area contributed by atoms with Crippen LogP contribution in [0.1, 0.15) is 68.1 Å². The predicted octanol–water partition coefficient (Wildman–Crippen LogP) is 4.29. The number of nitrogens with zero attached hydrogens (tertiary/aromatic N) is 5. The first-order valence-corrected chi connectivity index (χ1v) is 9.55. The van der Waals surface area contributed by atoms with E-state index in [4.69, 9.17) is 9.97 Å². The van der Waals surface area contributed by atoms with Crippen LogP contribution >= 0.6 is 0 Å². The zero-order valence-electron chi connectivity index (χ0n) is 15.7. The summed E-state index contributed by atoms with van der Waals surface area (Å²) < 4.78 is 1.84. The standard InChI is InChI=1S/C20H26N6/c1-4-16(17-13(2)8-7-11-21-17)23-19-15-12-22-26(3)20(15)25-18(24-19)14-9-5-6-10-14/h7-8,11-12,14,16H,4-6,9-10H2,1-3H3,(H,23,24,25)/t16-/m1/s1.